The van der Waals surface area contributed by atoms with E-state index in [-0.39, 0.29) is 5.75 Å². The molecular formula is C20H23F2N5O2. The predicted molar refractivity (Wildman–Crippen MR) is 105 cm³/mol. The SMILES string of the molecule is N#CN/C(=N\c1ccncc1)NCCCCCCOc1ccccc1OC(F)F. The van der Waals surface area contributed by atoms with E-state index in [9.17, 15) is 8.78 Å². The Kier molecular flexibility index (Phi) is 9.72. The summed E-state index contributed by atoms with van der Waals surface area (Å²) in [5, 5.41) is 14.4. The molecule has 0 aliphatic carbocycles. The van der Waals surface area contributed by atoms with Gasteiger partial charge in [0.25, 0.3) is 0 Å². The molecule has 1 heterocycles. The molecule has 7 nitrogen and oxygen atoms in total. The predicted octanol–water partition coefficient (Wildman–Crippen LogP) is 3.97. The quantitative estimate of drug-likeness (QED) is 0.194. The van der Waals surface area contributed by atoms with Crippen molar-refractivity contribution in [3.05, 3.63) is 48.8 Å². The van der Waals surface area contributed by atoms with E-state index in [1.165, 1.54) is 6.07 Å². The van der Waals surface area contributed by atoms with Gasteiger partial charge in [-0.1, -0.05) is 25.0 Å². The van der Waals surface area contributed by atoms with Gasteiger partial charge in [-0.15, -0.1) is 0 Å². The zero-order valence-electron chi connectivity index (χ0n) is 15.9. The van der Waals surface area contributed by atoms with E-state index in [1.54, 1.807) is 42.7 Å². The van der Waals surface area contributed by atoms with Crippen LogP contribution in [-0.2, 0) is 0 Å². The number of hydrogen-bond acceptors (Lipinski definition) is 5. The lowest BCUT2D eigenvalue weighted by Crippen LogP contribution is -2.34. The van der Waals surface area contributed by atoms with Crippen LogP contribution in [-0.4, -0.2) is 30.7 Å². The van der Waals surface area contributed by atoms with E-state index in [1.807, 2.05) is 6.19 Å². The number of nitriles is 1. The van der Waals surface area contributed by atoms with Crippen molar-refractivity contribution in [2.45, 2.75) is 32.3 Å². The number of alkyl halides is 2. The van der Waals surface area contributed by atoms with Crippen LogP contribution in [0.3, 0.4) is 0 Å². The maximum Gasteiger partial charge on any atom is 0.387 e. The molecule has 0 saturated heterocycles. The normalized spacial score (nSPS) is 11.0. The van der Waals surface area contributed by atoms with Crippen molar-refractivity contribution in [2.24, 2.45) is 4.99 Å². The average molecular weight is 403 g/mol. The molecule has 0 bridgehead atoms. The first kappa shape index (κ1) is 21.9. The molecule has 154 valence electrons. The molecule has 0 unspecified atom stereocenters. The highest BCUT2D eigenvalue weighted by molar-refractivity contribution is 5.83. The molecule has 2 aromatic rings. The fourth-order valence-electron chi connectivity index (χ4n) is 2.44. The minimum absolute atomic E-state index is 0.0395. The Hall–Kier alpha value is -3.41. The molecule has 0 spiro atoms. The zero-order valence-corrected chi connectivity index (χ0v) is 15.9. The molecule has 1 aromatic heterocycles. The fourth-order valence-corrected chi connectivity index (χ4v) is 2.44. The number of hydrogen-bond donors (Lipinski definition) is 2. The number of unbranched alkanes of at least 4 members (excludes halogenated alkanes) is 3. The van der Waals surface area contributed by atoms with E-state index in [4.69, 9.17) is 10.00 Å². The molecule has 0 amide bonds. The highest BCUT2D eigenvalue weighted by Crippen LogP contribution is 2.28. The Balaban J connectivity index is 1.62. The number of aliphatic imine (C=N–C) groups is 1. The van der Waals surface area contributed by atoms with Crippen LogP contribution in [0.25, 0.3) is 0 Å². The van der Waals surface area contributed by atoms with Crippen LogP contribution in [0.2, 0.25) is 0 Å². The van der Waals surface area contributed by atoms with Crippen molar-refractivity contribution < 1.29 is 18.3 Å². The Labute approximate surface area is 168 Å². The zero-order chi connectivity index (χ0) is 20.7. The van der Waals surface area contributed by atoms with E-state index >= 15 is 0 Å². The van der Waals surface area contributed by atoms with Gasteiger partial charge in [-0.25, -0.2) is 4.99 Å². The topological polar surface area (TPSA) is 91.6 Å². The number of aromatic nitrogens is 1. The van der Waals surface area contributed by atoms with Crippen LogP contribution in [0.5, 0.6) is 11.5 Å². The lowest BCUT2D eigenvalue weighted by molar-refractivity contribution is -0.0515. The molecule has 0 saturated carbocycles. The molecule has 0 radical (unpaired) electrons. The molecule has 29 heavy (non-hydrogen) atoms. The van der Waals surface area contributed by atoms with Crippen LogP contribution in [0.1, 0.15) is 25.7 Å². The minimum atomic E-state index is -2.88. The monoisotopic (exact) mass is 403 g/mol. The summed E-state index contributed by atoms with van der Waals surface area (Å²) in [6.07, 6.45) is 8.65. The van der Waals surface area contributed by atoms with Crippen LogP contribution in [0, 0.1) is 11.5 Å². The highest BCUT2D eigenvalue weighted by Gasteiger charge is 2.09. The van der Waals surface area contributed by atoms with E-state index in [0.717, 1.165) is 25.7 Å². The van der Waals surface area contributed by atoms with Gasteiger partial charge in [0.15, 0.2) is 17.7 Å². The number of pyridine rings is 1. The fraction of sp³-hybridized carbons (Fsp3) is 0.350. The molecule has 0 aliphatic heterocycles. The van der Waals surface area contributed by atoms with Crippen LogP contribution >= 0.6 is 0 Å². The van der Waals surface area contributed by atoms with Gasteiger partial charge in [-0.3, -0.25) is 10.3 Å². The number of benzene rings is 1. The van der Waals surface area contributed by atoms with Crippen molar-refractivity contribution in [3.63, 3.8) is 0 Å². The molecule has 1 aromatic carbocycles. The highest BCUT2D eigenvalue weighted by atomic mass is 19.3. The number of nitrogens with one attached hydrogen (secondary N) is 2. The van der Waals surface area contributed by atoms with Gasteiger partial charge in [0.1, 0.15) is 0 Å². The van der Waals surface area contributed by atoms with Gasteiger partial charge in [0.05, 0.1) is 12.3 Å². The minimum Gasteiger partial charge on any atom is -0.490 e. The van der Waals surface area contributed by atoms with Gasteiger partial charge in [0, 0.05) is 18.9 Å². The van der Waals surface area contributed by atoms with Crippen LogP contribution < -0.4 is 20.1 Å². The number of para-hydroxylation sites is 2. The maximum absolute atomic E-state index is 12.4. The number of halogens is 2. The van der Waals surface area contributed by atoms with Crippen LogP contribution in [0.15, 0.2) is 53.8 Å². The first-order valence-electron chi connectivity index (χ1n) is 9.23. The molecule has 0 fully saturated rings. The third kappa shape index (κ3) is 8.88. The standard InChI is InChI=1S/C20H23F2N5O2/c21-19(22)29-18-8-4-3-7-17(18)28-14-6-2-1-5-11-25-20(26-15-23)27-16-9-12-24-13-10-16/h3-4,7-10,12-13,19H,1-2,5-6,11,14H2,(H2,24,25,26,27). The number of ether oxygens (including phenoxy) is 2. The van der Waals surface area contributed by atoms with Crippen molar-refractivity contribution in [2.75, 3.05) is 13.2 Å². The van der Waals surface area contributed by atoms with E-state index < -0.39 is 6.61 Å². The number of rotatable bonds is 11. The van der Waals surface area contributed by atoms with Crippen LogP contribution in [0.4, 0.5) is 14.5 Å². The Morgan fingerprint density at radius 2 is 1.79 bits per heavy atom. The van der Waals surface area contributed by atoms with Crippen molar-refractivity contribution in [1.29, 1.82) is 5.26 Å². The van der Waals surface area contributed by atoms with E-state index in [2.05, 4.69) is 25.3 Å². The lowest BCUT2D eigenvalue weighted by atomic mass is 10.2. The maximum atomic E-state index is 12.4. The largest absolute Gasteiger partial charge is 0.490 e. The molecule has 2 rings (SSSR count). The Bertz CT molecular complexity index is 797. The summed E-state index contributed by atoms with van der Waals surface area (Å²) in [7, 11) is 0. The summed E-state index contributed by atoms with van der Waals surface area (Å²) in [4.78, 5) is 8.23. The second-order valence-electron chi connectivity index (χ2n) is 5.92. The Morgan fingerprint density at radius 3 is 2.52 bits per heavy atom. The second-order valence-corrected chi connectivity index (χ2v) is 5.92. The summed E-state index contributed by atoms with van der Waals surface area (Å²) < 4.78 is 34.7. The summed E-state index contributed by atoms with van der Waals surface area (Å²) >= 11 is 0. The van der Waals surface area contributed by atoms with Crippen molar-refractivity contribution in [3.8, 4) is 17.7 Å². The first-order valence-corrected chi connectivity index (χ1v) is 9.23. The Morgan fingerprint density at radius 1 is 1.07 bits per heavy atom. The lowest BCUT2D eigenvalue weighted by Gasteiger charge is -2.12. The van der Waals surface area contributed by atoms with Crippen molar-refractivity contribution in [1.82, 2.24) is 15.6 Å². The summed E-state index contributed by atoms with van der Waals surface area (Å²) in [5.74, 6) is 0.740. The molecule has 9 heteroatoms. The molecule has 0 aliphatic rings. The number of nitrogens with zero attached hydrogens (tertiary/aromatic N) is 3. The smallest absolute Gasteiger partial charge is 0.387 e. The second kappa shape index (κ2) is 12.9. The summed E-state index contributed by atoms with van der Waals surface area (Å²) in [5.41, 5.74) is 0.693. The average Bonchev–Trinajstić information content (AvgIpc) is 2.71. The molecular weight excluding hydrogens is 380 g/mol. The van der Waals surface area contributed by atoms with Gasteiger partial charge < -0.3 is 14.8 Å². The number of guanidine groups is 1. The molecule has 2 N–H and O–H groups in total. The van der Waals surface area contributed by atoms with Gasteiger partial charge in [0.2, 0.25) is 5.96 Å². The third-order valence-corrected chi connectivity index (χ3v) is 3.76. The van der Waals surface area contributed by atoms with Gasteiger partial charge in [-0.05, 0) is 37.1 Å². The van der Waals surface area contributed by atoms with Crippen molar-refractivity contribution >= 4 is 11.6 Å². The van der Waals surface area contributed by atoms with Gasteiger partial charge >= 0.3 is 6.61 Å². The molecule has 0 atom stereocenters. The third-order valence-electron chi connectivity index (χ3n) is 3.76. The van der Waals surface area contributed by atoms with E-state index in [0.29, 0.717) is 30.5 Å². The first-order chi connectivity index (χ1) is 14.2. The summed E-state index contributed by atoms with van der Waals surface area (Å²) in [6.45, 7) is -1.80. The summed E-state index contributed by atoms with van der Waals surface area (Å²) in [6, 6.07) is 9.86. The van der Waals surface area contributed by atoms with Gasteiger partial charge in [-0.2, -0.15) is 14.0 Å².